The van der Waals surface area contributed by atoms with Crippen LogP contribution in [-0.2, 0) is 18.3 Å². The number of carbonyl (C=O) groups is 2. The van der Waals surface area contributed by atoms with Crippen molar-refractivity contribution in [3.63, 3.8) is 0 Å². The Morgan fingerprint density at radius 3 is 2.89 bits per heavy atom. The number of hydrogen-bond acceptors (Lipinski definition) is 3. The van der Waals surface area contributed by atoms with Crippen LogP contribution in [0.25, 0.3) is 10.9 Å². The summed E-state index contributed by atoms with van der Waals surface area (Å²) in [4.78, 5) is 27.9. The molecule has 6 nitrogen and oxygen atoms in total. The van der Waals surface area contributed by atoms with Crippen LogP contribution in [0.1, 0.15) is 29.9 Å². The number of rotatable bonds is 2. The van der Waals surface area contributed by atoms with Gasteiger partial charge in [0.2, 0.25) is 5.91 Å². The molecule has 0 bridgehead atoms. The first-order valence-electron chi connectivity index (χ1n) is 9.87. The predicted octanol–water partition coefficient (Wildman–Crippen LogP) is 2.08. The molecular weight excluding hydrogens is 340 g/mol. The summed E-state index contributed by atoms with van der Waals surface area (Å²) in [5.41, 5.74) is 4.25. The zero-order chi connectivity index (χ0) is 18.7. The van der Waals surface area contributed by atoms with Crippen LogP contribution in [0.3, 0.4) is 0 Å². The van der Waals surface area contributed by atoms with Gasteiger partial charge >= 0.3 is 6.03 Å². The fourth-order valence-corrected chi connectivity index (χ4v) is 5.55. The molecule has 3 amide bonds. The number of piperidine rings is 1. The smallest absolute Gasteiger partial charge is 0.324 e. The lowest BCUT2D eigenvalue weighted by Crippen LogP contribution is -2.54. The number of imide groups is 1. The first-order chi connectivity index (χ1) is 13.0. The van der Waals surface area contributed by atoms with Crippen molar-refractivity contribution in [2.45, 2.75) is 31.2 Å². The van der Waals surface area contributed by atoms with Crippen molar-refractivity contribution >= 4 is 22.8 Å². The molecule has 0 unspecified atom stereocenters. The van der Waals surface area contributed by atoms with E-state index in [9.17, 15) is 9.59 Å². The van der Waals surface area contributed by atoms with Crippen LogP contribution < -0.4 is 5.32 Å². The van der Waals surface area contributed by atoms with Crippen LogP contribution in [0.4, 0.5) is 4.79 Å². The van der Waals surface area contributed by atoms with E-state index in [1.165, 1.54) is 22.0 Å². The minimum Gasteiger partial charge on any atom is -0.350 e. The van der Waals surface area contributed by atoms with Crippen molar-refractivity contribution in [2.24, 2.45) is 13.0 Å². The molecule has 2 fully saturated rings. The first-order valence-corrected chi connectivity index (χ1v) is 9.87. The highest BCUT2D eigenvalue weighted by molar-refractivity contribution is 5.96. The Kier molecular flexibility index (Phi) is 3.79. The molecule has 3 aliphatic rings. The van der Waals surface area contributed by atoms with Gasteiger partial charge in [0.25, 0.3) is 0 Å². The van der Waals surface area contributed by atoms with E-state index < -0.39 is 0 Å². The molecule has 1 aromatic carbocycles. The lowest BCUT2D eigenvalue weighted by molar-refractivity contribution is -0.121. The third-order valence-electron chi connectivity index (χ3n) is 6.74. The molecular formula is C21H26N4O2. The molecule has 27 heavy (non-hydrogen) atoms. The molecule has 142 valence electrons. The fourth-order valence-electron chi connectivity index (χ4n) is 5.55. The van der Waals surface area contributed by atoms with Gasteiger partial charge in [-0.05, 0) is 43.0 Å². The maximum absolute atomic E-state index is 12.1. The van der Waals surface area contributed by atoms with Gasteiger partial charge in [-0.25, -0.2) is 4.79 Å². The number of nitrogens with one attached hydrogen (secondary N) is 1. The minimum absolute atomic E-state index is 0.160. The second-order valence-corrected chi connectivity index (χ2v) is 8.48. The lowest BCUT2D eigenvalue weighted by atomic mass is 9.72. The second kappa shape index (κ2) is 6.09. The number of carbonyl (C=O) groups excluding carboxylic acids is 2. The summed E-state index contributed by atoms with van der Waals surface area (Å²) in [6.45, 7) is 2.26. The highest BCUT2D eigenvalue weighted by Crippen LogP contribution is 2.44. The average molecular weight is 366 g/mol. The Morgan fingerprint density at radius 1 is 1.22 bits per heavy atom. The van der Waals surface area contributed by atoms with Crippen molar-refractivity contribution < 1.29 is 9.59 Å². The number of nitrogens with zero attached hydrogens (tertiary/aromatic N) is 3. The lowest BCUT2D eigenvalue weighted by Gasteiger charge is -2.46. The topological polar surface area (TPSA) is 57.6 Å². The van der Waals surface area contributed by atoms with Crippen molar-refractivity contribution in [3.05, 3.63) is 35.5 Å². The average Bonchev–Trinajstić information content (AvgIpc) is 2.96. The summed E-state index contributed by atoms with van der Waals surface area (Å²) in [7, 11) is 4.35. The molecule has 0 spiro atoms. The van der Waals surface area contributed by atoms with Crippen molar-refractivity contribution in [3.8, 4) is 0 Å². The summed E-state index contributed by atoms with van der Waals surface area (Å²) >= 11 is 0. The SMILES string of the molecule is CN1C[C@H](CN2CCC(=O)NC2=O)C[C@@H]2c3cccc4c3c(cn4C)C[C@H]21. The molecule has 1 aliphatic carbocycles. The molecule has 0 radical (unpaired) electrons. The summed E-state index contributed by atoms with van der Waals surface area (Å²) < 4.78 is 2.25. The quantitative estimate of drug-likeness (QED) is 0.885. The van der Waals surface area contributed by atoms with E-state index in [2.05, 4.69) is 53.3 Å². The molecule has 2 aliphatic heterocycles. The molecule has 2 saturated heterocycles. The number of hydrogen-bond donors (Lipinski definition) is 1. The van der Waals surface area contributed by atoms with Crippen molar-refractivity contribution in [2.75, 3.05) is 26.7 Å². The highest BCUT2D eigenvalue weighted by Gasteiger charge is 2.40. The third kappa shape index (κ3) is 2.65. The van der Waals surface area contributed by atoms with E-state index in [1.54, 1.807) is 0 Å². The third-order valence-corrected chi connectivity index (χ3v) is 6.74. The first kappa shape index (κ1) is 16.8. The molecule has 5 rings (SSSR count). The van der Waals surface area contributed by atoms with Gasteiger partial charge in [-0.3, -0.25) is 10.1 Å². The number of likely N-dealkylation sites (tertiary alicyclic amines) is 1. The summed E-state index contributed by atoms with van der Waals surface area (Å²) in [6, 6.07) is 6.98. The number of benzene rings is 1. The number of fused-ring (bicyclic) bond motifs is 2. The van der Waals surface area contributed by atoms with Gasteiger partial charge < -0.3 is 14.4 Å². The molecule has 0 saturated carbocycles. The Morgan fingerprint density at radius 2 is 2.07 bits per heavy atom. The van der Waals surface area contributed by atoms with Gasteiger partial charge in [-0.15, -0.1) is 0 Å². The number of aromatic nitrogens is 1. The van der Waals surface area contributed by atoms with Gasteiger partial charge in [0.05, 0.1) is 0 Å². The monoisotopic (exact) mass is 366 g/mol. The molecule has 3 atom stereocenters. The summed E-state index contributed by atoms with van der Waals surface area (Å²) in [5.74, 6) is 0.769. The van der Waals surface area contributed by atoms with Gasteiger partial charge in [-0.1, -0.05) is 12.1 Å². The van der Waals surface area contributed by atoms with Gasteiger partial charge in [0, 0.05) is 62.2 Å². The normalized spacial score (nSPS) is 28.4. The van der Waals surface area contributed by atoms with Crippen LogP contribution in [0, 0.1) is 5.92 Å². The minimum atomic E-state index is -0.230. The van der Waals surface area contributed by atoms with Gasteiger partial charge in [0.1, 0.15) is 0 Å². The standard InChI is InChI=1S/C21H26N4O2/c1-23-10-13(11-25-7-6-19(26)22-21(25)27)8-16-15-4-3-5-17-20(15)14(9-18(16)23)12-24(17)2/h3-5,12-13,16,18H,6-11H2,1-2H3,(H,22,26,27)/t13-,16-,18-/m1/s1. The van der Waals surface area contributed by atoms with Crippen LogP contribution in [0.2, 0.25) is 0 Å². The number of likely N-dealkylation sites (N-methyl/N-ethyl adjacent to an activating group) is 1. The highest BCUT2D eigenvalue weighted by atomic mass is 16.2. The fraction of sp³-hybridized carbons (Fsp3) is 0.524. The van der Waals surface area contributed by atoms with Crippen molar-refractivity contribution in [1.29, 1.82) is 0 Å². The van der Waals surface area contributed by atoms with Crippen LogP contribution >= 0.6 is 0 Å². The van der Waals surface area contributed by atoms with Crippen LogP contribution in [0.15, 0.2) is 24.4 Å². The van der Waals surface area contributed by atoms with Crippen LogP contribution in [-0.4, -0.2) is 59.0 Å². The van der Waals surface area contributed by atoms with E-state index >= 15 is 0 Å². The van der Waals surface area contributed by atoms with Gasteiger partial charge in [0.15, 0.2) is 0 Å². The van der Waals surface area contributed by atoms with E-state index in [1.807, 2.05) is 4.90 Å². The Labute approximate surface area is 159 Å². The number of urea groups is 1. The molecule has 1 N–H and O–H groups in total. The largest absolute Gasteiger partial charge is 0.350 e. The number of amides is 3. The molecule has 6 heteroatoms. The molecule has 3 heterocycles. The summed E-state index contributed by atoms with van der Waals surface area (Å²) in [5, 5.41) is 3.89. The Hall–Kier alpha value is -2.34. The molecule has 1 aromatic heterocycles. The van der Waals surface area contributed by atoms with Gasteiger partial charge in [-0.2, -0.15) is 0 Å². The van der Waals surface area contributed by atoms with E-state index in [4.69, 9.17) is 0 Å². The zero-order valence-electron chi connectivity index (χ0n) is 15.9. The van der Waals surface area contributed by atoms with Crippen molar-refractivity contribution in [1.82, 2.24) is 19.7 Å². The predicted molar refractivity (Wildman–Crippen MR) is 104 cm³/mol. The van der Waals surface area contributed by atoms with E-state index in [0.29, 0.717) is 30.8 Å². The van der Waals surface area contributed by atoms with Crippen LogP contribution in [0.5, 0.6) is 0 Å². The maximum atomic E-state index is 12.1. The van der Waals surface area contributed by atoms with E-state index in [0.717, 1.165) is 25.9 Å². The zero-order valence-corrected chi connectivity index (χ0v) is 15.9. The maximum Gasteiger partial charge on any atom is 0.324 e. The summed E-state index contributed by atoms with van der Waals surface area (Å²) in [6.07, 6.45) is 4.90. The molecule has 2 aromatic rings. The second-order valence-electron chi connectivity index (χ2n) is 8.48. The van der Waals surface area contributed by atoms with E-state index in [-0.39, 0.29) is 11.9 Å². The Bertz CT molecular complexity index is 934. The number of aryl methyl sites for hydroxylation is 1. The Balaban J connectivity index is 1.43.